The summed E-state index contributed by atoms with van der Waals surface area (Å²) < 4.78 is 0. The fraction of sp³-hybridized carbons (Fsp3) is 0.933. The lowest BCUT2D eigenvalue weighted by molar-refractivity contribution is -0.127. The molecule has 112 valence electrons. The zero-order chi connectivity index (χ0) is 14.3. The molecule has 0 aliphatic heterocycles. The Morgan fingerprint density at radius 1 is 1.32 bits per heavy atom. The van der Waals surface area contributed by atoms with Gasteiger partial charge < -0.3 is 16.0 Å². The molecule has 4 nitrogen and oxygen atoms in total. The first-order valence-electron chi connectivity index (χ1n) is 7.84. The smallest absolute Gasteiger partial charge is 0.224 e. The summed E-state index contributed by atoms with van der Waals surface area (Å²) in [6, 6.07) is 0.0501. The average Bonchev–Trinajstić information content (AvgIpc) is 2.40. The van der Waals surface area contributed by atoms with Crippen molar-refractivity contribution < 1.29 is 4.79 Å². The lowest BCUT2D eigenvalue weighted by Crippen LogP contribution is -2.46. The van der Waals surface area contributed by atoms with Crippen LogP contribution in [0.2, 0.25) is 0 Å². The highest BCUT2D eigenvalue weighted by molar-refractivity contribution is 5.79. The molecule has 0 aromatic rings. The number of rotatable bonds is 7. The van der Waals surface area contributed by atoms with E-state index in [0.717, 1.165) is 51.9 Å². The summed E-state index contributed by atoms with van der Waals surface area (Å²) in [6.07, 6.45) is 4.24. The minimum Gasteiger partial charge on any atom is -0.355 e. The third-order valence-corrected chi connectivity index (χ3v) is 4.22. The minimum atomic E-state index is 0.0185. The van der Waals surface area contributed by atoms with Gasteiger partial charge in [-0.1, -0.05) is 20.8 Å². The molecule has 4 heteroatoms. The van der Waals surface area contributed by atoms with E-state index < -0.39 is 0 Å². The van der Waals surface area contributed by atoms with Crippen LogP contribution >= 0.6 is 0 Å². The third-order valence-electron chi connectivity index (χ3n) is 4.22. The maximum atomic E-state index is 12.2. The summed E-state index contributed by atoms with van der Waals surface area (Å²) in [6.45, 7) is 10.4. The van der Waals surface area contributed by atoms with Gasteiger partial charge in [-0.2, -0.15) is 0 Å². The van der Waals surface area contributed by atoms with Gasteiger partial charge in [0.2, 0.25) is 5.91 Å². The van der Waals surface area contributed by atoms with Gasteiger partial charge in [-0.15, -0.1) is 0 Å². The van der Waals surface area contributed by atoms with Gasteiger partial charge in [0.25, 0.3) is 0 Å². The van der Waals surface area contributed by atoms with Crippen molar-refractivity contribution in [2.75, 3.05) is 26.2 Å². The van der Waals surface area contributed by atoms with Crippen LogP contribution in [0.1, 0.15) is 46.5 Å². The molecule has 1 aliphatic rings. The van der Waals surface area contributed by atoms with Gasteiger partial charge in [-0.3, -0.25) is 4.79 Å². The monoisotopic (exact) mass is 269 g/mol. The van der Waals surface area contributed by atoms with Crippen LogP contribution in [0.25, 0.3) is 0 Å². The first kappa shape index (κ1) is 16.4. The number of likely N-dealkylation sites (N-methyl/N-ethyl adjacent to an activating group) is 1. The zero-order valence-corrected chi connectivity index (χ0v) is 12.8. The summed E-state index contributed by atoms with van der Waals surface area (Å²) >= 11 is 0. The summed E-state index contributed by atoms with van der Waals surface area (Å²) in [5.74, 6) is 0.805. The van der Waals surface area contributed by atoms with Gasteiger partial charge in [0.1, 0.15) is 0 Å². The molecule has 3 atom stereocenters. The summed E-state index contributed by atoms with van der Waals surface area (Å²) in [4.78, 5) is 14.5. The van der Waals surface area contributed by atoms with Crippen molar-refractivity contribution in [3.63, 3.8) is 0 Å². The number of nitrogens with zero attached hydrogens (tertiary/aromatic N) is 1. The molecule has 1 rings (SSSR count). The van der Waals surface area contributed by atoms with Gasteiger partial charge in [0.05, 0.1) is 5.92 Å². The maximum absolute atomic E-state index is 12.2. The lowest BCUT2D eigenvalue weighted by Gasteiger charge is -2.31. The Labute approximate surface area is 118 Å². The van der Waals surface area contributed by atoms with E-state index in [9.17, 15) is 4.79 Å². The quantitative estimate of drug-likeness (QED) is 0.738. The van der Waals surface area contributed by atoms with Gasteiger partial charge >= 0.3 is 0 Å². The Morgan fingerprint density at radius 3 is 2.68 bits per heavy atom. The van der Waals surface area contributed by atoms with Gasteiger partial charge in [0, 0.05) is 19.1 Å². The SMILES string of the molecule is CCCN(CC)CCNC(=O)C1CC(C)CCC1N. The van der Waals surface area contributed by atoms with Crippen LogP contribution in [-0.4, -0.2) is 43.0 Å². The number of carbonyl (C=O) groups is 1. The van der Waals surface area contributed by atoms with Crippen molar-refractivity contribution in [2.45, 2.75) is 52.5 Å². The standard InChI is InChI=1S/C15H31N3O/c1-4-9-18(5-2)10-8-17-15(19)13-11-12(3)6-7-14(13)16/h12-14H,4-11,16H2,1-3H3,(H,17,19). The molecule has 0 aromatic carbocycles. The molecule has 0 heterocycles. The molecule has 0 aromatic heterocycles. The van der Waals surface area contributed by atoms with E-state index in [0.29, 0.717) is 5.92 Å². The molecule has 1 saturated carbocycles. The number of amides is 1. The van der Waals surface area contributed by atoms with Gasteiger partial charge in [-0.05, 0) is 44.7 Å². The van der Waals surface area contributed by atoms with Crippen molar-refractivity contribution in [1.82, 2.24) is 10.2 Å². The van der Waals surface area contributed by atoms with E-state index in [2.05, 4.69) is 31.0 Å². The van der Waals surface area contributed by atoms with E-state index in [1.165, 1.54) is 0 Å². The largest absolute Gasteiger partial charge is 0.355 e. The Bertz CT molecular complexity index is 270. The van der Waals surface area contributed by atoms with Crippen LogP contribution in [0.3, 0.4) is 0 Å². The maximum Gasteiger partial charge on any atom is 0.224 e. The first-order valence-corrected chi connectivity index (χ1v) is 7.84. The highest BCUT2D eigenvalue weighted by atomic mass is 16.1. The second-order valence-electron chi connectivity index (χ2n) is 5.91. The van der Waals surface area contributed by atoms with Crippen molar-refractivity contribution in [1.29, 1.82) is 0 Å². The van der Waals surface area contributed by atoms with Crippen molar-refractivity contribution in [2.24, 2.45) is 17.6 Å². The number of nitrogens with one attached hydrogen (secondary N) is 1. The molecule has 1 aliphatic carbocycles. The fourth-order valence-corrected chi connectivity index (χ4v) is 2.92. The minimum absolute atomic E-state index is 0.0185. The molecule has 19 heavy (non-hydrogen) atoms. The van der Waals surface area contributed by atoms with Gasteiger partial charge in [0.15, 0.2) is 0 Å². The highest BCUT2D eigenvalue weighted by Crippen LogP contribution is 2.27. The fourth-order valence-electron chi connectivity index (χ4n) is 2.92. The van der Waals surface area contributed by atoms with E-state index in [-0.39, 0.29) is 17.9 Å². The molecule has 0 radical (unpaired) electrons. The summed E-state index contributed by atoms with van der Waals surface area (Å²) in [5, 5.41) is 3.07. The molecule has 1 fully saturated rings. The third kappa shape index (κ3) is 5.49. The molecule has 3 unspecified atom stereocenters. The van der Waals surface area contributed by atoms with E-state index in [1.54, 1.807) is 0 Å². The predicted octanol–water partition coefficient (Wildman–Crippen LogP) is 1.60. The molecule has 0 spiro atoms. The van der Waals surface area contributed by atoms with E-state index in [4.69, 9.17) is 5.73 Å². The Hall–Kier alpha value is -0.610. The normalized spacial score (nSPS) is 27.5. The van der Waals surface area contributed by atoms with E-state index in [1.807, 2.05) is 0 Å². The lowest BCUT2D eigenvalue weighted by atomic mass is 9.79. The molecular weight excluding hydrogens is 238 g/mol. The average molecular weight is 269 g/mol. The Balaban J connectivity index is 2.29. The second-order valence-corrected chi connectivity index (χ2v) is 5.91. The first-order chi connectivity index (χ1) is 9.08. The topological polar surface area (TPSA) is 58.4 Å². The number of carbonyl (C=O) groups excluding carboxylic acids is 1. The molecule has 0 bridgehead atoms. The number of nitrogens with two attached hydrogens (primary N) is 1. The van der Waals surface area contributed by atoms with Crippen molar-refractivity contribution in [3.05, 3.63) is 0 Å². The zero-order valence-electron chi connectivity index (χ0n) is 12.8. The van der Waals surface area contributed by atoms with Crippen LogP contribution in [0.5, 0.6) is 0 Å². The van der Waals surface area contributed by atoms with Crippen molar-refractivity contribution in [3.8, 4) is 0 Å². The number of hydrogen-bond donors (Lipinski definition) is 2. The molecule has 0 saturated heterocycles. The predicted molar refractivity (Wildman–Crippen MR) is 79.9 cm³/mol. The second kappa shape index (κ2) is 8.54. The van der Waals surface area contributed by atoms with Crippen LogP contribution < -0.4 is 11.1 Å². The van der Waals surface area contributed by atoms with Gasteiger partial charge in [-0.25, -0.2) is 0 Å². The summed E-state index contributed by atoms with van der Waals surface area (Å²) in [5.41, 5.74) is 6.08. The summed E-state index contributed by atoms with van der Waals surface area (Å²) in [7, 11) is 0. The van der Waals surface area contributed by atoms with Crippen LogP contribution in [0.4, 0.5) is 0 Å². The van der Waals surface area contributed by atoms with E-state index >= 15 is 0 Å². The number of hydrogen-bond acceptors (Lipinski definition) is 3. The highest BCUT2D eigenvalue weighted by Gasteiger charge is 2.31. The van der Waals surface area contributed by atoms with Crippen molar-refractivity contribution >= 4 is 5.91 Å². The molecule has 3 N–H and O–H groups in total. The van der Waals surface area contributed by atoms with Crippen LogP contribution in [-0.2, 0) is 4.79 Å². The Morgan fingerprint density at radius 2 is 2.05 bits per heavy atom. The molecular formula is C15H31N3O. The molecule has 1 amide bonds. The van der Waals surface area contributed by atoms with Crippen LogP contribution in [0, 0.1) is 11.8 Å². The van der Waals surface area contributed by atoms with Crippen LogP contribution in [0.15, 0.2) is 0 Å². The Kier molecular flexibility index (Phi) is 7.39.